The second kappa shape index (κ2) is 6.41. The number of hydrogen-bond acceptors (Lipinski definition) is 3. The summed E-state index contributed by atoms with van der Waals surface area (Å²) in [4.78, 5) is 1.80. The standard InChI is InChI=1S/C14H15F4N3/c15-10-1-2-12(14(16,17)18)11(9-10)13(3-4-19)21-7-5-20-6-8-21/h1-2,9,13,20H,3,5-8H2/t13-/m1/s1. The average molecular weight is 301 g/mol. The molecule has 7 heteroatoms. The van der Waals surface area contributed by atoms with Crippen LogP contribution in [0.4, 0.5) is 17.6 Å². The first-order valence-electron chi connectivity index (χ1n) is 6.62. The molecule has 1 aromatic rings. The summed E-state index contributed by atoms with van der Waals surface area (Å²) in [5.74, 6) is -0.726. The third-order valence-electron chi connectivity index (χ3n) is 3.56. The Morgan fingerprint density at radius 2 is 1.95 bits per heavy atom. The molecule has 0 spiro atoms. The minimum absolute atomic E-state index is 0.105. The zero-order valence-electron chi connectivity index (χ0n) is 11.3. The summed E-state index contributed by atoms with van der Waals surface area (Å²) >= 11 is 0. The molecule has 0 radical (unpaired) electrons. The number of alkyl halides is 3. The second-order valence-corrected chi connectivity index (χ2v) is 4.89. The van der Waals surface area contributed by atoms with Gasteiger partial charge in [0.15, 0.2) is 0 Å². The molecule has 1 atom stereocenters. The van der Waals surface area contributed by atoms with Crippen LogP contribution in [0.1, 0.15) is 23.6 Å². The van der Waals surface area contributed by atoms with E-state index >= 15 is 0 Å². The number of hydrogen-bond donors (Lipinski definition) is 1. The predicted octanol–water partition coefficient (Wildman–Crippen LogP) is 2.70. The van der Waals surface area contributed by atoms with Gasteiger partial charge in [-0.15, -0.1) is 0 Å². The molecule has 1 saturated heterocycles. The fourth-order valence-corrected chi connectivity index (χ4v) is 2.58. The van der Waals surface area contributed by atoms with E-state index in [-0.39, 0.29) is 12.0 Å². The van der Waals surface area contributed by atoms with Gasteiger partial charge in [-0.1, -0.05) is 0 Å². The molecule has 1 aliphatic rings. The number of halogens is 4. The van der Waals surface area contributed by atoms with Crippen LogP contribution in [-0.2, 0) is 6.18 Å². The summed E-state index contributed by atoms with van der Waals surface area (Å²) in [6.07, 6.45) is -4.67. The van der Waals surface area contributed by atoms with E-state index in [1.54, 1.807) is 4.90 Å². The van der Waals surface area contributed by atoms with Crippen molar-refractivity contribution in [3.05, 3.63) is 35.1 Å². The number of rotatable bonds is 3. The minimum atomic E-state index is -4.56. The van der Waals surface area contributed by atoms with Crippen LogP contribution in [-0.4, -0.2) is 31.1 Å². The summed E-state index contributed by atoms with van der Waals surface area (Å²) < 4.78 is 52.8. The monoisotopic (exact) mass is 301 g/mol. The summed E-state index contributed by atoms with van der Waals surface area (Å²) in [6.45, 7) is 2.33. The smallest absolute Gasteiger partial charge is 0.314 e. The van der Waals surface area contributed by atoms with E-state index in [1.165, 1.54) is 0 Å². The first-order chi connectivity index (χ1) is 9.93. The van der Waals surface area contributed by atoms with Crippen molar-refractivity contribution in [2.45, 2.75) is 18.6 Å². The third kappa shape index (κ3) is 3.71. The fourth-order valence-electron chi connectivity index (χ4n) is 2.58. The zero-order chi connectivity index (χ0) is 15.5. The molecular weight excluding hydrogens is 286 g/mol. The fraction of sp³-hybridized carbons (Fsp3) is 0.500. The Hall–Kier alpha value is -1.65. The third-order valence-corrected chi connectivity index (χ3v) is 3.56. The van der Waals surface area contributed by atoms with Gasteiger partial charge in [0.1, 0.15) is 5.82 Å². The molecule has 114 valence electrons. The van der Waals surface area contributed by atoms with Gasteiger partial charge in [-0.05, 0) is 23.8 Å². The molecule has 1 aromatic carbocycles. The lowest BCUT2D eigenvalue weighted by Gasteiger charge is -2.35. The Kier molecular flexibility index (Phi) is 4.80. The lowest BCUT2D eigenvalue weighted by Crippen LogP contribution is -2.45. The molecule has 1 fully saturated rings. The lowest BCUT2D eigenvalue weighted by atomic mass is 9.95. The van der Waals surface area contributed by atoms with E-state index < -0.39 is 23.6 Å². The number of benzene rings is 1. The van der Waals surface area contributed by atoms with Gasteiger partial charge < -0.3 is 5.32 Å². The molecule has 0 amide bonds. The van der Waals surface area contributed by atoms with Crippen molar-refractivity contribution in [1.82, 2.24) is 10.2 Å². The van der Waals surface area contributed by atoms with Crippen LogP contribution < -0.4 is 5.32 Å². The normalized spacial score (nSPS) is 18.2. The lowest BCUT2D eigenvalue weighted by molar-refractivity contribution is -0.138. The maximum absolute atomic E-state index is 13.4. The van der Waals surface area contributed by atoms with E-state index in [0.29, 0.717) is 26.2 Å². The molecule has 0 bridgehead atoms. The van der Waals surface area contributed by atoms with Crippen LogP contribution >= 0.6 is 0 Å². The molecule has 0 aliphatic carbocycles. The van der Waals surface area contributed by atoms with Crippen molar-refractivity contribution in [2.75, 3.05) is 26.2 Å². The summed E-state index contributed by atoms with van der Waals surface area (Å²) in [6, 6.07) is 3.61. The van der Waals surface area contributed by atoms with E-state index in [1.807, 2.05) is 6.07 Å². The van der Waals surface area contributed by atoms with E-state index in [9.17, 15) is 17.6 Å². The Morgan fingerprint density at radius 1 is 1.29 bits per heavy atom. The SMILES string of the molecule is N#CC[C@H](c1cc(F)ccc1C(F)(F)F)N1CCNCC1. The number of nitrogens with one attached hydrogen (secondary N) is 1. The minimum Gasteiger partial charge on any atom is -0.314 e. The summed E-state index contributed by atoms with van der Waals surface area (Å²) in [5.41, 5.74) is -1.03. The van der Waals surface area contributed by atoms with E-state index in [4.69, 9.17) is 5.26 Å². The quantitative estimate of drug-likeness (QED) is 0.873. The van der Waals surface area contributed by atoms with Gasteiger partial charge in [0.25, 0.3) is 0 Å². The predicted molar refractivity (Wildman–Crippen MR) is 68.8 cm³/mol. The van der Waals surface area contributed by atoms with Crippen LogP contribution in [0.5, 0.6) is 0 Å². The molecule has 0 saturated carbocycles. The molecule has 2 rings (SSSR count). The van der Waals surface area contributed by atoms with Gasteiger partial charge in [-0.25, -0.2) is 4.39 Å². The first kappa shape index (κ1) is 15.7. The van der Waals surface area contributed by atoms with Crippen molar-refractivity contribution in [1.29, 1.82) is 5.26 Å². The number of nitriles is 1. The molecule has 3 nitrogen and oxygen atoms in total. The van der Waals surface area contributed by atoms with E-state index in [2.05, 4.69) is 5.32 Å². The van der Waals surface area contributed by atoms with Gasteiger partial charge in [-0.2, -0.15) is 18.4 Å². The summed E-state index contributed by atoms with van der Waals surface area (Å²) in [5, 5.41) is 12.0. The Bertz CT molecular complexity index is 530. The van der Waals surface area contributed by atoms with Crippen LogP contribution in [0.3, 0.4) is 0 Å². The molecule has 1 N–H and O–H groups in total. The van der Waals surface area contributed by atoms with Gasteiger partial charge in [0, 0.05) is 32.2 Å². The Balaban J connectivity index is 2.43. The highest BCUT2D eigenvalue weighted by atomic mass is 19.4. The van der Waals surface area contributed by atoms with Gasteiger partial charge in [0.05, 0.1) is 18.1 Å². The molecule has 1 aliphatic heterocycles. The highest BCUT2D eigenvalue weighted by molar-refractivity contribution is 5.34. The highest BCUT2D eigenvalue weighted by Crippen LogP contribution is 2.37. The average Bonchev–Trinajstić information content (AvgIpc) is 2.44. The first-order valence-corrected chi connectivity index (χ1v) is 6.62. The van der Waals surface area contributed by atoms with Gasteiger partial charge in [-0.3, -0.25) is 4.90 Å². The van der Waals surface area contributed by atoms with Crippen molar-refractivity contribution in [3.8, 4) is 6.07 Å². The van der Waals surface area contributed by atoms with Crippen molar-refractivity contribution < 1.29 is 17.6 Å². The van der Waals surface area contributed by atoms with Crippen LogP contribution in [0.15, 0.2) is 18.2 Å². The van der Waals surface area contributed by atoms with Crippen molar-refractivity contribution >= 4 is 0 Å². The Morgan fingerprint density at radius 3 is 2.52 bits per heavy atom. The Labute approximate surface area is 120 Å². The zero-order valence-corrected chi connectivity index (χ0v) is 11.3. The van der Waals surface area contributed by atoms with E-state index in [0.717, 1.165) is 18.2 Å². The number of piperazine rings is 1. The van der Waals surface area contributed by atoms with Crippen molar-refractivity contribution in [2.24, 2.45) is 0 Å². The van der Waals surface area contributed by atoms with Crippen LogP contribution in [0.25, 0.3) is 0 Å². The van der Waals surface area contributed by atoms with Crippen LogP contribution in [0, 0.1) is 17.1 Å². The molecule has 1 heterocycles. The second-order valence-electron chi connectivity index (χ2n) is 4.89. The van der Waals surface area contributed by atoms with Gasteiger partial charge >= 0.3 is 6.18 Å². The maximum Gasteiger partial charge on any atom is 0.416 e. The molecule has 0 unspecified atom stereocenters. The number of nitrogens with zero attached hydrogens (tertiary/aromatic N) is 2. The largest absolute Gasteiger partial charge is 0.416 e. The highest BCUT2D eigenvalue weighted by Gasteiger charge is 2.37. The van der Waals surface area contributed by atoms with Crippen LogP contribution in [0.2, 0.25) is 0 Å². The summed E-state index contributed by atoms with van der Waals surface area (Å²) in [7, 11) is 0. The maximum atomic E-state index is 13.4. The molecule has 0 aromatic heterocycles. The molecule has 21 heavy (non-hydrogen) atoms. The topological polar surface area (TPSA) is 39.1 Å². The van der Waals surface area contributed by atoms with Gasteiger partial charge in [0.2, 0.25) is 0 Å². The van der Waals surface area contributed by atoms with Crippen molar-refractivity contribution in [3.63, 3.8) is 0 Å². The molecular formula is C14H15F4N3.